The number of hydrogen-bond donors (Lipinski definition) is 3. The van der Waals surface area contributed by atoms with E-state index in [4.69, 9.17) is 4.55 Å². The lowest BCUT2D eigenvalue weighted by atomic mass is 10.1. The molecule has 0 aliphatic heterocycles. The summed E-state index contributed by atoms with van der Waals surface area (Å²) in [5, 5.41) is 11.8. The summed E-state index contributed by atoms with van der Waals surface area (Å²) in [5.41, 5.74) is 0. The van der Waals surface area contributed by atoms with Gasteiger partial charge in [-0.15, -0.1) is 0 Å². The van der Waals surface area contributed by atoms with Crippen molar-refractivity contribution in [3.63, 3.8) is 0 Å². The fourth-order valence-corrected chi connectivity index (χ4v) is 3.18. The van der Waals surface area contributed by atoms with Gasteiger partial charge in [0.25, 0.3) is 10.1 Å². The first-order valence-electron chi connectivity index (χ1n) is 9.25. The van der Waals surface area contributed by atoms with Crippen LogP contribution in [0.25, 0.3) is 0 Å². The van der Waals surface area contributed by atoms with Crippen molar-refractivity contribution >= 4 is 16.0 Å². The van der Waals surface area contributed by atoms with Gasteiger partial charge in [-0.2, -0.15) is 8.42 Å². The van der Waals surface area contributed by atoms with Crippen LogP contribution in [0.4, 0.5) is 0 Å². The van der Waals surface area contributed by atoms with E-state index >= 15 is 0 Å². The molecule has 0 fully saturated rings. The fourth-order valence-electron chi connectivity index (χ4n) is 2.57. The molecule has 0 aromatic carbocycles. The van der Waals surface area contributed by atoms with E-state index in [1.165, 1.54) is 51.4 Å². The summed E-state index contributed by atoms with van der Waals surface area (Å²) in [6.07, 6.45) is 12.5. The Morgan fingerprint density at radius 1 is 0.917 bits per heavy atom. The Morgan fingerprint density at radius 3 is 1.83 bits per heavy atom. The maximum Gasteiger partial charge on any atom is 0.267 e. The minimum Gasteiger partial charge on any atom is -0.390 e. The monoisotopic (exact) mass is 365 g/mol. The van der Waals surface area contributed by atoms with Gasteiger partial charge in [0.05, 0.1) is 6.10 Å². The van der Waals surface area contributed by atoms with Gasteiger partial charge in [-0.3, -0.25) is 9.35 Å². The van der Waals surface area contributed by atoms with Crippen LogP contribution >= 0.6 is 0 Å². The Morgan fingerprint density at radius 2 is 1.38 bits per heavy atom. The Labute approximate surface area is 147 Å². The first-order chi connectivity index (χ1) is 11.3. The average molecular weight is 366 g/mol. The van der Waals surface area contributed by atoms with Crippen LogP contribution in [0.2, 0.25) is 0 Å². The smallest absolute Gasteiger partial charge is 0.267 e. The molecular weight excluding hydrogens is 330 g/mol. The summed E-state index contributed by atoms with van der Waals surface area (Å²) in [6, 6.07) is 0. The second-order valence-corrected chi connectivity index (χ2v) is 7.99. The minimum atomic E-state index is -4.21. The highest BCUT2D eigenvalue weighted by molar-refractivity contribution is 7.85. The third-order valence-corrected chi connectivity index (χ3v) is 4.75. The van der Waals surface area contributed by atoms with Crippen molar-refractivity contribution in [2.45, 2.75) is 90.1 Å². The summed E-state index contributed by atoms with van der Waals surface area (Å²) in [6.45, 7) is 2.07. The third kappa shape index (κ3) is 17.7. The lowest BCUT2D eigenvalue weighted by molar-refractivity contribution is -0.121. The molecular formula is C17H35NO5S. The molecule has 1 amide bonds. The number of aliphatic hydroxyl groups is 1. The van der Waals surface area contributed by atoms with Gasteiger partial charge in [0.15, 0.2) is 0 Å². The van der Waals surface area contributed by atoms with Crippen molar-refractivity contribution in [1.82, 2.24) is 5.32 Å². The van der Waals surface area contributed by atoms with Crippen LogP contribution in [0.15, 0.2) is 0 Å². The van der Waals surface area contributed by atoms with Gasteiger partial charge in [-0.05, 0) is 6.42 Å². The predicted octanol–water partition coefficient (Wildman–Crippen LogP) is 3.05. The highest BCUT2D eigenvalue weighted by atomic mass is 32.2. The Bertz CT molecular complexity index is 411. The highest BCUT2D eigenvalue weighted by Crippen LogP contribution is 2.11. The molecule has 0 rings (SSSR count). The quantitative estimate of drug-likeness (QED) is 0.288. The molecule has 0 aromatic rings. The molecule has 0 spiro atoms. The van der Waals surface area contributed by atoms with Crippen LogP contribution < -0.4 is 5.32 Å². The molecule has 0 heterocycles. The van der Waals surface area contributed by atoms with E-state index in [1.54, 1.807) is 0 Å². The van der Waals surface area contributed by atoms with Crippen molar-refractivity contribution in [3.05, 3.63) is 0 Å². The Hall–Kier alpha value is -0.660. The second kappa shape index (κ2) is 14.7. The lowest BCUT2D eigenvalue weighted by Crippen LogP contribution is -2.35. The first kappa shape index (κ1) is 23.3. The van der Waals surface area contributed by atoms with Crippen molar-refractivity contribution in [1.29, 1.82) is 0 Å². The van der Waals surface area contributed by atoms with E-state index in [-0.39, 0.29) is 12.5 Å². The van der Waals surface area contributed by atoms with Gasteiger partial charge in [0.1, 0.15) is 5.75 Å². The molecule has 0 aromatic heterocycles. The maximum atomic E-state index is 11.5. The summed E-state index contributed by atoms with van der Waals surface area (Å²) in [5.74, 6) is -0.952. The SMILES string of the molecule is CCCCCCCCCCCCCC(=O)NCC(O)CS(=O)(=O)O. The second-order valence-electron chi connectivity index (χ2n) is 6.49. The van der Waals surface area contributed by atoms with Crippen LogP contribution in [-0.4, -0.2) is 42.4 Å². The van der Waals surface area contributed by atoms with Gasteiger partial charge >= 0.3 is 0 Å². The van der Waals surface area contributed by atoms with Crippen molar-refractivity contribution < 1.29 is 22.9 Å². The summed E-state index contributed by atoms with van der Waals surface area (Å²) in [7, 11) is -4.21. The molecule has 1 atom stereocenters. The number of hydrogen-bond acceptors (Lipinski definition) is 4. The van der Waals surface area contributed by atoms with Crippen LogP contribution in [0.3, 0.4) is 0 Å². The van der Waals surface area contributed by atoms with Gasteiger partial charge in [0.2, 0.25) is 5.91 Å². The average Bonchev–Trinajstić information content (AvgIpc) is 2.49. The van der Waals surface area contributed by atoms with Crippen LogP contribution in [0.5, 0.6) is 0 Å². The van der Waals surface area contributed by atoms with Crippen LogP contribution in [0.1, 0.15) is 84.0 Å². The molecule has 0 bridgehead atoms. The van der Waals surface area contributed by atoms with Gasteiger partial charge in [-0.1, -0.05) is 71.1 Å². The van der Waals surface area contributed by atoms with E-state index in [9.17, 15) is 18.3 Å². The molecule has 0 saturated carbocycles. The molecule has 0 radical (unpaired) electrons. The molecule has 3 N–H and O–H groups in total. The molecule has 0 saturated heterocycles. The van der Waals surface area contributed by atoms with E-state index < -0.39 is 22.0 Å². The van der Waals surface area contributed by atoms with E-state index in [0.717, 1.165) is 19.3 Å². The van der Waals surface area contributed by atoms with Gasteiger partial charge in [0, 0.05) is 13.0 Å². The standard InChI is InChI=1S/C17H35NO5S/c1-2-3-4-5-6-7-8-9-10-11-12-13-17(20)18-14-16(19)15-24(21,22)23/h16,19H,2-15H2,1H3,(H,18,20)(H,21,22,23). The van der Waals surface area contributed by atoms with E-state index in [1.807, 2.05) is 0 Å². The van der Waals surface area contributed by atoms with E-state index in [0.29, 0.717) is 6.42 Å². The molecule has 6 nitrogen and oxygen atoms in total. The zero-order valence-electron chi connectivity index (χ0n) is 15.0. The van der Waals surface area contributed by atoms with Gasteiger partial charge in [-0.25, -0.2) is 0 Å². The number of rotatable bonds is 16. The number of amides is 1. The van der Waals surface area contributed by atoms with Crippen LogP contribution in [0, 0.1) is 0 Å². The molecule has 24 heavy (non-hydrogen) atoms. The molecule has 144 valence electrons. The van der Waals surface area contributed by atoms with Crippen molar-refractivity contribution in [2.75, 3.05) is 12.3 Å². The van der Waals surface area contributed by atoms with Crippen LogP contribution in [-0.2, 0) is 14.9 Å². The number of carbonyl (C=O) groups excluding carboxylic acids is 1. The highest BCUT2D eigenvalue weighted by Gasteiger charge is 2.14. The zero-order valence-corrected chi connectivity index (χ0v) is 15.8. The largest absolute Gasteiger partial charge is 0.390 e. The lowest BCUT2D eigenvalue weighted by Gasteiger charge is -2.10. The number of unbranched alkanes of at least 4 members (excludes halogenated alkanes) is 10. The summed E-state index contributed by atoms with van der Waals surface area (Å²) >= 11 is 0. The molecule has 7 heteroatoms. The maximum absolute atomic E-state index is 11.5. The first-order valence-corrected chi connectivity index (χ1v) is 10.9. The molecule has 0 aliphatic carbocycles. The van der Waals surface area contributed by atoms with Crippen molar-refractivity contribution in [3.8, 4) is 0 Å². The Kier molecular flexibility index (Phi) is 14.3. The summed E-state index contributed by atoms with van der Waals surface area (Å²) in [4.78, 5) is 11.5. The fraction of sp³-hybridized carbons (Fsp3) is 0.941. The molecule has 1 unspecified atom stereocenters. The zero-order chi connectivity index (χ0) is 18.3. The number of carbonyl (C=O) groups is 1. The third-order valence-electron chi connectivity index (χ3n) is 3.95. The summed E-state index contributed by atoms with van der Waals surface area (Å²) < 4.78 is 29.7. The predicted molar refractivity (Wildman–Crippen MR) is 96.5 cm³/mol. The normalized spacial score (nSPS) is 13.0. The van der Waals surface area contributed by atoms with Gasteiger partial charge < -0.3 is 10.4 Å². The number of nitrogens with one attached hydrogen (secondary N) is 1. The van der Waals surface area contributed by atoms with Crippen molar-refractivity contribution in [2.24, 2.45) is 0 Å². The topological polar surface area (TPSA) is 104 Å². The number of aliphatic hydroxyl groups excluding tert-OH is 1. The Balaban J connectivity index is 3.37. The minimum absolute atomic E-state index is 0.156. The van der Waals surface area contributed by atoms with E-state index in [2.05, 4.69) is 12.2 Å². The molecule has 0 aliphatic rings.